The van der Waals surface area contributed by atoms with Gasteiger partial charge < -0.3 is 14.7 Å². The Morgan fingerprint density at radius 2 is 2.00 bits per heavy atom. The van der Waals surface area contributed by atoms with Gasteiger partial charge in [0.25, 0.3) is 0 Å². The summed E-state index contributed by atoms with van der Waals surface area (Å²) in [5, 5.41) is 8.97. The summed E-state index contributed by atoms with van der Waals surface area (Å²) in [6.45, 7) is 7.40. The largest absolute Gasteiger partial charge is 0.481 e. The van der Waals surface area contributed by atoms with Crippen LogP contribution >= 0.6 is 0 Å². The van der Waals surface area contributed by atoms with E-state index in [1.54, 1.807) is 7.11 Å². The third kappa shape index (κ3) is 4.53. The van der Waals surface area contributed by atoms with Crippen molar-refractivity contribution in [2.45, 2.75) is 33.2 Å². The summed E-state index contributed by atoms with van der Waals surface area (Å²) >= 11 is 0. The summed E-state index contributed by atoms with van der Waals surface area (Å²) in [7, 11) is 1.68. The summed E-state index contributed by atoms with van der Waals surface area (Å²) < 4.78 is 5.33. The quantitative estimate of drug-likeness (QED) is 0.795. The Bertz CT molecular complexity index is 431. The molecule has 0 spiro atoms. The molecule has 1 unspecified atom stereocenters. The zero-order chi connectivity index (χ0) is 15.1. The van der Waals surface area contributed by atoms with Crippen molar-refractivity contribution in [2.24, 2.45) is 5.92 Å². The maximum Gasteiger partial charge on any atom is 0.305 e. The molecule has 0 aliphatic heterocycles. The van der Waals surface area contributed by atoms with Crippen molar-refractivity contribution in [2.75, 3.05) is 25.2 Å². The second-order valence-corrected chi connectivity index (χ2v) is 5.39. The van der Waals surface area contributed by atoms with Gasteiger partial charge in [0.15, 0.2) is 0 Å². The number of ether oxygens (including phenoxy) is 1. The summed E-state index contributed by atoms with van der Waals surface area (Å²) in [4.78, 5) is 13.1. The lowest BCUT2D eigenvalue weighted by Crippen LogP contribution is -2.43. The zero-order valence-electron chi connectivity index (χ0n) is 12.8. The predicted molar refractivity (Wildman–Crippen MR) is 81.3 cm³/mol. The predicted octanol–water partition coefficient (Wildman–Crippen LogP) is 2.95. The van der Waals surface area contributed by atoms with Crippen LogP contribution in [0.4, 0.5) is 5.69 Å². The number of rotatable bonds is 8. The standard InChI is InChI=1S/C16H25NO3/c1-12(2)15(11-20-4)17(10-9-16(18)19)14-8-6-5-7-13(14)3/h5-8,12,15H,9-11H2,1-4H3,(H,18,19). The molecule has 0 aliphatic rings. The molecule has 1 rings (SSSR count). The first-order valence-electron chi connectivity index (χ1n) is 7.00. The number of methoxy groups -OCH3 is 1. The highest BCUT2D eigenvalue weighted by molar-refractivity contribution is 5.68. The summed E-state index contributed by atoms with van der Waals surface area (Å²) in [6, 6.07) is 8.24. The Hall–Kier alpha value is -1.55. The first kappa shape index (κ1) is 16.5. The molecule has 1 N–H and O–H groups in total. The van der Waals surface area contributed by atoms with Crippen LogP contribution in [0.5, 0.6) is 0 Å². The van der Waals surface area contributed by atoms with Crippen LogP contribution in [0.1, 0.15) is 25.8 Å². The fraction of sp³-hybridized carbons (Fsp3) is 0.562. The van der Waals surface area contributed by atoms with Crippen molar-refractivity contribution in [1.29, 1.82) is 0 Å². The first-order valence-corrected chi connectivity index (χ1v) is 7.00. The number of hydrogen-bond donors (Lipinski definition) is 1. The molecule has 0 bridgehead atoms. The van der Waals surface area contributed by atoms with Crippen LogP contribution in [0.25, 0.3) is 0 Å². The molecule has 1 atom stereocenters. The van der Waals surface area contributed by atoms with Crippen molar-refractivity contribution in [3.8, 4) is 0 Å². The SMILES string of the molecule is COCC(C(C)C)N(CCC(=O)O)c1ccccc1C. The number of carboxylic acid groups (broad SMARTS) is 1. The van der Waals surface area contributed by atoms with E-state index in [1.165, 1.54) is 0 Å². The maximum atomic E-state index is 10.9. The van der Waals surface area contributed by atoms with Crippen LogP contribution < -0.4 is 4.90 Å². The van der Waals surface area contributed by atoms with E-state index in [-0.39, 0.29) is 12.5 Å². The van der Waals surface area contributed by atoms with Crippen molar-refractivity contribution >= 4 is 11.7 Å². The normalized spacial score (nSPS) is 12.4. The molecule has 4 heteroatoms. The highest BCUT2D eigenvalue weighted by atomic mass is 16.5. The van der Waals surface area contributed by atoms with Crippen molar-refractivity contribution < 1.29 is 14.6 Å². The Morgan fingerprint density at radius 1 is 1.35 bits per heavy atom. The summed E-state index contributed by atoms with van der Waals surface area (Å²) in [5.41, 5.74) is 2.24. The van der Waals surface area contributed by atoms with Crippen molar-refractivity contribution in [3.05, 3.63) is 29.8 Å². The fourth-order valence-electron chi connectivity index (χ4n) is 2.38. The number of para-hydroxylation sites is 1. The van der Waals surface area contributed by atoms with Crippen LogP contribution in [0.3, 0.4) is 0 Å². The maximum absolute atomic E-state index is 10.9. The van der Waals surface area contributed by atoms with E-state index >= 15 is 0 Å². The van der Waals surface area contributed by atoms with Crippen molar-refractivity contribution in [1.82, 2.24) is 0 Å². The van der Waals surface area contributed by atoms with Crippen LogP contribution in [0.15, 0.2) is 24.3 Å². The topological polar surface area (TPSA) is 49.8 Å². The highest BCUT2D eigenvalue weighted by Gasteiger charge is 2.23. The number of aliphatic carboxylic acids is 1. The number of anilines is 1. The van der Waals surface area contributed by atoms with Gasteiger partial charge in [-0.15, -0.1) is 0 Å². The molecule has 0 heterocycles. The molecule has 0 aromatic heterocycles. The minimum atomic E-state index is -0.775. The number of carbonyl (C=O) groups is 1. The average molecular weight is 279 g/mol. The molecule has 0 radical (unpaired) electrons. The molecule has 0 saturated heterocycles. The number of benzene rings is 1. The van der Waals surface area contributed by atoms with Gasteiger partial charge in [0.2, 0.25) is 0 Å². The van der Waals surface area contributed by atoms with E-state index in [2.05, 4.69) is 18.7 Å². The zero-order valence-corrected chi connectivity index (χ0v) is 12.8. The second-order valence-electron chi connectivity index (χ2n) is 5.39. The van der Waals surface area contributed by atoms with Gasteiger partial charge in [-0.25, -0.2) is 0 Å². The second kappa shape index (κ2) is 7.90. The summed E-state index contributed by atoms with van der Waals surface area (Å²) in [6.07, 6.45) is 0.126. The van der Waals surface area contributed by atoms with Gasteiger partial charge in [0, 0.05) is 19.3 Å². The van der Waals surface area contributed by atoms with Gasteiger partial charge in [0.1, 0.15) is 0 Å². The van der Waals surface area contributed by atoms with E-state index in [0.717, 1.165) is 11.3 Å². The molecule has 0 saturated carbocycles. The Morgan fingerprint density at radius 3 is 2.50 bits per heavy atom. The lowest BCUT2D eigenvalue weighted by molar-refractivity contribution is -0.136. The number of aryl methyl sites for hydroxylation is 1. The van der Waals surface area contributed by atoms with Crippen LogP contribution in [0.2, 0.25) is 0 Å². The monoisotopic (exact) mass is 279 g/mol. The van der Waals surface area contributed by atoms with Gasteiger partial charge in [-0.2, -0.15) is 0 Å². The molecule has 0 amide bonds. The number of nitrogens with zero attached hydrogens (tertiary/aromatic N) is 1. The molecule has 1 aromatic carbocycles. The third-order valence-electron chi connectivity index (χ3n) is 3.50. The van der Waals surface area contributed by atoms with Gasteiger partial charge in [-0.3, -0.25) is 4.79 Å². The van der Waals surface area contributed by atoms with Gasteiger partial charge in [0.05, 0.1) is 19.1 Å². The van der Waals surface area contributed by atoms with E-state index < -0.39 is 5.97 Å². The Kier molecular flexibility index (Phi) is 6.52. The number of carboxylic acids is 1. The van der Waals surface area contributed by atoms with E-state index in [4.69, 9.17) is 9.84 Å². The molecule has 1 aromatic rings. The smallest absolute Gasteiger partial charge is 0.305 e. The highest BCUT2D eigenvalue weighted by Crippen LogP contribution is 2.25. The van der Waals surface area contributed by atoms with Gasteiger partial charge in [-0.1, -0.05) is 32.0 Å². The summed E-state index contributed by atoms with van der Waals surface area (Å²) in [5.74, 6) is -0.396. The lowest BCUT2D eigenvalue weighted by Gasteiger charge is -2.36. The first-order chi connectivity index (χ1) is 9.47. The van der Waals surface area contributed by atoms with Gasteiger partial charge >= 0.3 is 5.97 Å². The lowest BCUT2D eigenvalue weighted by atomic mass is 10.0. The van der Waals surface area contributed by atoms with E-state index in [1.807, 2.05) is 31.2 Å². The average Bonchev–Trinajstić information content (AvgIpc) is 2.39. The molecule has 0 aliphatic carbocycles. The molecular formula is C16H25NO3. The molecule has 4 nitrogen and oxygen atoms in total. The Labute approximate surface area is 121 Å². The fourth-order valence-corrected chi connectivity index (χ4v) is 2.38. The molecule has 112 valence electrons. The molecular weight excluding hydrogens is 254 g/mol. The van der Waals surface area contributed by atoms with Crippen LogP contribution in [0, 0.1) is 12.8 Å². The van der Waals surface area contributed by atoms with E-state index in [9.17, 15) is 4.79 Å². The number of hydrogen-bond acceptors (Lipinski definition) is 3. The van der Waals surface area contributed by atoms with Crippen molar-refractivity contribution in [3.63, 3.8) is 0 Å². The van der Waals surface area contributed by atoms with Crippen LogP contribution in [-0.4, -0.2) is 37.4 Å². The Balaban J connectivity index is 3.06. The van der Waals surface area contributed by atoms with E-state index in [0.29, 0.717) is 19.1 Å². The van der Waals surface area contributed by atoms with Crippen LogP contribution in [-0.2, 0) is 9.53 Å². The molecule has 20 heavy (non-hydrogen) atoms. The third-order valence-corrected chi connectivity index (χ3v) is 3.50. The van der Waals surface area contributed by atoms with Gasteiger partial charge in [-0.05, 0) is 24.5 Å². The minimum absolute atomic E-state index is 0.126. The minimum Gasteiger partial charge on any atom is -0.481 e. The molecule has 0 fully saturated rings.